The first-order chi connectivity index (χ1) is 13.1. The van der Waals surface area contributed by atoms with Crippen LogP contribution in [-0.2, 0) is 4.74 Å². The van der Waals surface area contributed by atoms with Gasteiger partial charge in [0.1, 0.15) is 5.82 Å². The number of fused-ring (bicyclic) bond motifs is 1. The second kappa shape index (κ2) is 8.50. The normalized spacial score (nSPS) is 12.0. The molecule has 3 aromatic rings. The van der Waals surface area contributed by atoms with Crippen LogP contribution in [0.5, 0.6) is 5.88 Å². The van der Waals surface area contributed by atoms with Gasteiger partial charge in [-0.1, -0.05) is 30.3 Å². The molecule has 2 aromatic heterocycles. The van der Waals surface area contributed by atoms with Crippen molar-refractivity contribution in [2.75, 3.05) is 26.1 Å². The Balaban J connectivity index is 1.74. The van der Waals surface area contributed by atoms with Gasteiger partial charge in [0.2, 0.25) is 5.88 Å². The van der Waals surface area contributed by atoms with Crippen LogP contribution in [0.15, 0.2) is 36.4 Å². The van der Waals surface area contributed by atoms with Gasteiger partial charge in [0.05, 0.1) is 29.7 Å². The van der Waals surface area contributed by atoms with Crippen LogP contribution in [0, 0.1) is 6.92 Å². The largest absolute Gasteiger partial charge is 0.479 e. The quantitative estimate of drug-likeness (QED) is 0.594. The fourth-order valence-corrected chi connectivity index (χ4v) is 2.96. The molecule has 2 amide bonds. The van der Waals surface area contributed by atoms with E-state index >= 15 is 0 Å². The minimum absolute atomic E-state index is 0.164. The molecule has 1 atom stereocenters. The minimum Gasteiger partial charge on any atom is -0.479 e. The molecule has 0 spiro atoms. The van der Waals surface area contributed by atoms with Gasteiger partial charge in [-0.25, -0.2) is 9.78 Å². The molecule has 142 valence electrons. The number of benzene rings is 1. The van der Waals surface area contributed by atoms with Crippen molar-refractivity contribution in [1.82, 2.24) is 20.5 Å². The van der Waals surface area contributed by atoms with Crippen molar-refractivity contribution in [3.05, 3.63) is 47.7 Å². The van der Waals surface area contributed by atoms with E-state index in [9.17, 15) is 4.79 Å². The number of rotatable bonds is 7. The number of methoxy groups -OCH3 is 2. The summed E-state index contributed by atoms with van der Waals surface area (Å²) in [6.07, 6.45) is 0.664. The van der Waals surface area contributed by atoms with Crippen LogP contribution in [0.3, 0.4) is 0 Å². The predicted octanol–water partition coefficient (Wildman–Crippen LogP) is 3.17. The number of carbonyl (C=O) groups is 1. The number of ether oxygens (including phenoxy) is 2. The summed E-state index contributed by atoms with van der Waals surface area (Å²) < 4.78 is 10.4. The van der Waals surface area contributed by atoms with Crippen LogP contribution in [0.1, 0.15) is 23.7 Å². The lowest BCUT2D eigenvalue weighted by molar-refractivity contribution is 0.183. The number of aromatic nitrogens is 3. The summed E-state index contributed by atoms with van der Waals surface area (Å²) in [7, 11) is 3.20. The van der Waals surface area contributed by atoms with E-state index in [0.29, 0.717) is 30.4 Å². The summed E-state index contributed by atoms with van der Waals surface area (Å²) >= 11 is 0. The highest BCUT2D eigenvalue weighted by molar-refractivity contribution is 5.93. The number of nitrogens with zero attached hydrogens (tertiary/aromatic N) is 2. The number of nitrogens with one attached hydrogen (secondary N) is 3. The van der Waals surface area contributed by atoms with E-state index in [0.717, 1.165) is 16.5 Å². The zero-order chi connectivity index (χ0) is 19.2. The Morgan fingerprint density at radius 2 is 2.04 bits per heavy atom. The maximum atomic E-state index is 12.5. The van der Waals surface area contributed by atoms with E-state index in [1.165, 1.54) is 0 Å². The second-order valence-corrected chi connectivity index (χ2v) is 6.09. The van der Waals surface area contributed by atoms with Crippen LogP contribution in [0.25, 0.3) is 10.9 Å². The molecule has 0 unspecified atom stereocenters. The molecule has 1 aromatic carbocycles. The summed E-state index contributed by atoms with van der Waals surface area (Å²) in [6.45, 7) is 2.38. The van der Waals surface area contributed by atoms with Gasteiger partial charge in [0.25, 0.3) is 0 Å². The van der Waals surface area contributed by atoms with Gasteiger partial charge >= 0.3 is 6.03 Å². The van der Waals surface area contributed by atoms with E-state index in [1.54, 1.807) is 20.3 Å². The van der Waals surface area contributed by atoms with E-state index in [1.807, 2.05) is 37.3 Å². The standard InChI is InChI=1S/C19H23N5O3/c1-12-17-15(23-24-18(17)27-3)11-16(20-12)22-19(25)21-14(9-10-26-2)13-7-5-4-6-8-13/h4-8,11,14H,9-10H2,1-3H3,(H,23,24)(H2,20,21,22,25)/t14-/m1/s1. The Morgan fingerprint density at radius 1 is 1.26 bits per heavy atom. The first-order valence-electron chi connectivity index (χ1n) is 8.63. The minimum atomic E-state index is -0.335. The molecule has 0 radical (unpaired) electrons. The number of anilines is 1. The number of urea groups is 1. The first-order valence-corrected chi connectivity index (χ1v) is 8.63. The van der Waals surface area contributed by atoms with Gasteiger partial charge in [0, 0.05) is 19.8 Å². The number of aryl methyl sites for hydroxylation is 1. The zero-order valence-corrected chi connectivity index (χ0v) is 15.6. The van der Waals surface area contributed by atoms with Gasteiger partial charge in [0.15, 0.2) is 0 Å². The van der Waals surface area contributed by atoms with E-state index in [4.69, 9.17) is 9.47 Å². The third kappa shape index (κ3) is 4.35. The van der Waals surface area contributed by atoms with E-state index in [-0.39, 0.29) is 12.1 Å². The second-order valence-electron chi connectivity index (χ2n) is 6.09. The highest BCUT2D eigenvalue weighted by Crippen LogP contribution is 2.26. The molecule has 0 saturated carbocycles. The average Bonchev–Trinajstić information content (AvgIpc) is 3.09. The van der Waals surface area contributed by atoms with Crippen molar-refractivity contribution >= 4 is 22.8 Å². The maximum Gasteiger partial charge on any atom is 0.320 e. The van der Waals surface area contributed by atoms with Crippen molar-refractivity contribution in [3.8, 4) is 5.88 Å². The van der Waals surface area contributed by atoms with Crippen molar-refractivity contribution < 1.29 is 14.3 Å². The zero-order valence-electron chi connectivity index (χ0n) is 15.6. The number of pyridine rings is 1. The molecule has 3 rings (SSSR count). The van der Waals surface area contributed by atoms with Crippen LogP contribution in [-0.4, -0.2) is 42.0 Å². The smallest absolute Gasteiger partial charge is 0.320 e. The van der Waals surface area contributed by atoms with E-state index < -0.39 is 0 Å². The molecule has 8 nitrogen and oxygen atoms in total. The highest BCUT2D eigenvalue weighted by Gasteiger charge is 2.16. The highest BCUT2D eigenvalue weighted by atomic mass is 16.5. The third-order valence-corrected chi connectivity index (χ3v) is 4.24. The molecule has 3 N–H and O–H groups in total. The van der Waals surface area contributed by atoms with Crippen molar-refractivity contribution in [2.24, 2.45) is 0 Å². The molecular weight excluding hydrogens is 346 g/mol. The Morgan fingerprint density at radius 3 is 2.74 bits per heavy atom. The van der Waals surface area contributed by atoms with Gasteiger partial charge in [-0.05, 0) is 18.9 Å². The van der Waals surface area contributed by atoms with Crippen LogP contribution in [0.2, 0.25) is 0 Å². The summed E-state index contributed by atoms with van der Waals surface area (Å²) in [4.78, 5) is 16.9. The molecule has 0 saturated heterocycles. The maximum absolute atomic E-state index is 12.5. The topological polar surface area (TPSA) is 101 Å². The summed E-state index contributed by atoms with van der Waals surface area (Å²) in [5.74, 6) is 0.914. The first kappa shape index (κ1) is 18.7. The SMILES string of the molecule is COCC[C@@H](NC(=O)Nc1cc2[nH]nc(OC)c2c(C)n1)c1ccccc1. The van der Waals surface area contributed by atoms with Gasteiger partial charge in [-0.15, -0.1) is 5.10 Å². The molecule has 27 heavy (non-hydrogen) atoms. The molecule has 0 aliphatic rings. The van der Waals surface area contributed by atoms with Crippen LogP contribution >= 0.6 is 0 Å². The van der Waals surface area contributed by atoms with Crippen LogP contribution < -0.4 is 15.4 Å². The number of carbonyl (C=O) groups excluding carboxylic acids is 1. The Kier molecular flexibility index (Phi) is 5.87. The molecule has 0 bridgehead atoms. The van der Waals surface area contributed by atoms with Crippen molar-refractivity contribution in [3.63, 3.8) is 0 Å². The van der Waals surface area contributed by atoms with Crippen molar-refractivity contribution in [2.45, 2.75) is 19.4 Å². The molecular formula is C19H23N5O3. The number of hydrogen-bond acceptors (Lipinski definition) is 5. The fraction of sp³-hybridized carbons (Fsp3) is 0.316. The lowest BCUT2D eigenvalue weighted by atomic mass is 10.0. The van der Waals surface area contributed by atoms with E-state index in [2.05, 4.69) is 25.8 Å². The molecule has 2 heterocycles. The Labute approximate surface area is 157 Å². The number of H-pyrrole nitrogens is 1. The number of hydrogen-bond donors (Lipinski definition) is 3. The monoisotopic (exact) mass is 369 g/mol. The number of aromatic amines is 1. The summed E-state index contributed by atoms with van der Waals surface area (Å²) in [5.41, 5.74) is 2.48. The van der Waals surface area contributed by atoms with Crippen LogP contribution in [0.4, 0.5) is 10.6 Å². The summed E-state index contributed by atoms with van der Waals surface area (Å²) in [6, 6.07) is 11.0. The predicted molar refractivity (Wildman–Crippen MR) is 103 cm³/mol. The third-order valence-electron chi connectivity index (χ3n) is 4.24. The molecule has 8 heteroatoms. The molecule has 0 aliphatic carbocycles. The average molecular weight is 369 g/mol. The van der Waals surface area contributed by atoms with Gasteiger partial charge in [-0.2, -0.15) is 0 Å². The lowest BCUT2D eigenvalue weighted by Gasteiger charge is -2.19. The number of amides is 2. The Bertz CT molecular complexity index is 910. The fourth-order valence-electron chi connectivity index (χ4n) is 2.96. The molecule has 0 fully saturated rings. The van der Waals surface area contributed by atoms with Gasteiger partial charge in [-0.3, -0.25) is 10.4 Å². The summed E-state index contributed by atoms with van der Waals surface area (Å²) in [5, 5.41) is 13.5. The van der Waals surface area contributed by atoms with Crippen molar-refractivity contribution in [1.29, 1.82) is 0 Å². The Hall–Kier alpha value is -3.13. The van der Waals surface area contributed by atoms with Gasteiger partial charge < -0.3 is 14.8 Å². The lowest BCUT2D eigenvalue weighted by Crippen LogP contribution is -2.33. The molecule has 0 aliphatic heterocycles.